The topological polar surface area (TPSA) is 56.2 Å². The van der Waals surface area contributed by atoms with Crippen molar-refractivity contribution in [2.75, 3.05) is 16.8 Å². The molecule has 0 aromatic heterocycles. The fourth-order valence-corrected chi connectivity index (χ4v) is 3.59. The summed E-state index contributed by atoms with van der Waals surface area (Å²) in [6.07, 6.45) is 0.677. The molecule has 0 spiro atoms. The van der Waals surface area contributed by atoms with Crippen LogP contribution in [0.5, 0.6) is 0 Å². The van der Waals surface area contributed by atoms with Crippen LogP contribution in [0.4, 0.5) is 11.4 Å². The number of benzene rings is 2. The van der Waals surface area contributed by atoms with Gasteiger partial charge in [0.2, 0.25) is 0 Å². The van der Waals surface area contributed by atoms with Crippen LogP contribution in [0, 0.1) is 5.41 Å². The summed E-state index contributed by atoms with van der Waals surface area (Å²) in [5.74, 6) is 0.291. The van der Waals surface area contributed by atoms with Gasteiger partial charge in [0.05, 0.1) is 12.1 Å². The second kappa shape index (κ2) is 5.84. The second-order valence-corrected chi connectivity index (χ2v) is 7.97. The Bertz CT molecular complexity index is 906. The van der Waals surface area contributed by atoms with Crippen molar-refractivity contribution in [2.24, 2.45) is 0 Å². The summed E-state index contributed by atoms with van der Waals surface area (Å²) in [6.45, 7) is 6.75. The van der Waals surface area contributed by atoms with Gasteiger partial charge in [-0.3, -0.25) is 10.2 Å². The van der Waals surface area contributed by atoms with E-state index in [2.05, 4.69) is 44.3 Å². The first-order valence-electron chi connectivity index (χ1n) is 8.93. The number of hydrogen-bond acceptors (Lipinski definition) is 3. The number of carbonyl (C=O) groups is 1. The summed E-state index contributed by atoms with van der Waals surface area (Å²) in [6, 6.07) is 16.2. The van der Waals surface area contributed by atoms with E-state index < -0.39 is 0 Å². The average Bonchev–Trinajstić information content (AvgIpc) is 3.14. The highest BCUT2D eigenvalue weighted by Gasteiger charge is 2.35. The van der Waals surface area contributed by atoms with E-state index in [1.807, 2.05) is 30.3 Å². The predicted molar refractivity (Wildman–Crippen MR) is 106 cm³/mol. The molecule has 2 aromatic carbocycles. The first-order chi connectivity index (χ1) is 12.3. The number of rotatable bonds is 1. The predicted octanol–water partition coefficient (Wildman–Crippen LogP) is 4.27. The van der Waals surface area contributed by atoms with Gasteiger partial charge in [0.25, 0.3) is 0 Å². The van der Waals surface area contributed by atoms with Crippen molar-refractivity contribution >= 4 is 23.0 Å². The number of anilines is 2. The molecule has 26 heavy (non-hydrogen) atoms. The molecule has 0 saturated carbocycles. The number of carbonyl (C=O) groups excluding carboxylic acids is 1. The van der Waals surface area contributed by atoms with Crippen LogP contribution in [0.25, 0.3) is 0 Å². The van der Waals surface area contributed by atoms with Gasteiger partial charge in [-0.2, -0.15) is 0 Å². The second-order valence-electron chi connectivity index (χ2n) is 7.97. The Hall–Kier alpha value is -2.88. The molecule has 0 aliphatic carbocycles. The van der Waals surface area contributed by atoms with Crippen molar-refractivity contribution in [3.63, 3.8) is 0 Å². The number of allylic oxidation sites excluding steroid dienone is 1. The van der Waals surface area contributed by atoms with Gasteiger partial charge in [-0.15, -0.1) is 0 Å². The Labute approximate surface area is 154 Å². The van der Waals surface area contributed by atoms with Gasteiger partial charge in [-0.1, -0.05) is 51.1 Å². The van der Waals surface area contributed by atoms with E-state index in [1.54, 1.807) is 4.90 Å². The highest BCUT2D eigenvalue weighted by molar-refractivity contribution is 6.33. The summed E-state index contributed by atoms with van der Waals surface area (Å²) >= 11 is 0. The van der Waals surface area contributed by atoms with Gasteiger partial charge in [0.15, 0.2) is 5.78 Å². The number of nitrogens with one attached hydrogen (secondary N) is 2. The van der Waals surface area contributed by atoms with E-state index in [0.29, 0.717) is 12.0 Å². The van der Waals surface area contributed by atoms with E-state index in [9.17, 15) is 4.79 Å². The lowest BCUT2D eigenvalue weighted by Gasteiger charge is -2.22. The minimum Gasteiger partial charge on any atom is -0.358 e. The maximum atomic E-state index is 12.7. The number of hydrogen-bond donors (Lipinski definition) is 2. The van der Waals surface area contributed by atoms with Crippen molar-refractivity contribution in [3.8, 4) is 0 Å². The van der Waals surface area contributed by atoms with Crippen LogP contribution in [0.3, 0.4) is 0 Å². The zero-order chi connectivity index (χ0) is 18.5. The van der Waals surface area contributed by atoms with Crippen LogP contribution in [-0.4, -0.2) is 18.2 Å². The molecular formula is C22H23N3O. The van der Waals surface area contributed by atoms with E-state index in [4.69, 9.17) is 5.41 Å². The SMILES string of the molecule is CC(C)(C)c1ccc(N2CC(=O)C(=C3Cc4ccccc4N3)C2=N)cc1. The number of fused-ring (bicyclic) bond motifs is 1. The van der Waals surface area contributed by atoms with Crippen LogP contribution in [-0.2, 0) is 16.6 Å². The Morgan fingerprint density at radius 2 is 1.73 bits per heavy atom. The third-order valence-corrected chi connectivity index (χ3v) is 5.10. The maximum absolute atomic E-state index is 12.7. The molecule has 0 unspecified atom stereocenters. The lowest BCUT2D eigenvalue weighted by Crippen LogP contribution is -2.25. The molecule has 4 nitrogen and oxygen atoms in total. The molecule has 1 fully saturated rings. The lowest BCUT2D eigenvalue weighted by atomic mass is 9.87. The third-order valence-electron chi connectivity index (χ3n) is 5.10. The van der Waals surface area contributed by atoms with Crippen molar-refractivity contribution in [3.05, 3.63) is 70.9 Å². The van der Waals surface area contributed by atoms with E-state index in [-0.39, 0.29) is 23.6 Å². The van der Waals surface area contributed by atoms with E-state index >= 15 is 0 Å². The Morgan fingerprint density at radius 1 is 1.04 bits per heavy atom. The average molecular weight is 345 g/mol. The van der Waals surface area contributed by atoms with Crippen molar-refractivity contribution in [1.29, 1.82) is 5.41 Å². The van der Waals surface area contributed by atoms with E-state index in [1.165, 1.54) is 11.1 Å². The molecule has 2 N–H and O–H groups in total. The van der Waals surface area contributed by atoms with Crippen LogP contribution in [0.2, 0.25) is 0 Å². The quantitative estimate of drug-likeness (QED) is 0.759. The molecule has 1 saturated heterocycles. The standard InChI is InChI=1S/C22H23N3O/c1-22(2,3)15-8-10-16(11-9-15)25-13-19(26)20(21(25)23)18-12-14-6-4-5-7-17(14)24-18/h4-11,23-24H,12-13H2,1-3H3. The van der Waals surface area contributed by atoms with Crippen LogP contribution in [0.15, 0.2) is 59.8 Å². The maximum Gasteiger partial charge on any atom is 0.188 e. The van der Waals surface area contributed by atoms with Crippen LogP contribution in [0.1, 0.15) is 31.9 Å². The molecule has 2 heterocycles. The van der Waals surface area contributed by atoms with Crippen LogP contribution >= 0.6 is 0 Å². The van der Waals surface area contributed by atoms with Gasteiger partial charge < -0.3 is 10.2 Å². The van der Waals surface area contributed by atoms with Crippen molar-refractivity contribution in [1.82, 2.24) is 0 Å². The Kier molecular flexibility index (Phi) is 3.72. The molecule has 0 bridgehead atoms. The van der Waals surface area contributed by atoms with Gasteiger partial charge in [-0.25, -0.2) is 0 Å². The summed E-state index contributed by atoms with van der Waals surface area (Å²) in [4.78, 5) is 14.4. The Morgan fingerprint density at radius 3 is 2.38 bits per heavy atom. The molecule has 2 aliphatic heterocycles. The first kappa shape index (κ1) is 16.6. The number of ketones is 1. The zero-order valence-corrected chi connectivity index (χ0v) is 15.4. The normalized spacial score (nSPS) is 19.7. The molecule has 2 aliphatic rings. The molecule has 132 valence electrons. The van der Waals surface area contributed by atoms with Gasteiger partial charge in [0, 0.05) is 23.5 Å². The minimum atomic E-state index is 0.00482. The van der Waals surface area contributed by atoms with Crippen molar-refractivity contribution in [2.45, 2.75) is 32.6 Å². The molecule has 0 amide bonds. The smallest absolute Gasteiger partial charge is 0.188 e. The number of nitrogens with zero attached hydrogens (tertiary/aromatic N) is 1. The molecular weight excluding hydrogens is 322 g/mol. The largest absolute Gasteiger partial charge is 0.358 e. The zero-order valence-electron chi connectivity index (χ0n) is 15.4. The van der Waals surface area contributed by atoms with Gasteiger partial charge in [-0.05, 0) is 34.7 Å². The van der Waals surface area contributed by atoms with Gasteiger partial charge >= 0.3 is 0 Å². The number of amidine groups is 1. The Balaban J connectivity index is 1.64. The lowest BCUT2D eigenvalue weighted by molar-refractivity contribution is -0.113. The van der Waals surface area contributed by atoms with E-state index in [0.717, 1.165) is 17.1 Å². The van der Waals surface area contributed by atoms with Crippen molar-refractivity contribution < 1.29 is 4.79 Å². The highest BCUT2D eigenvalue weighted by atomic mass is 16.1. The summed E-state index contributed by atoms with van der Waals surface area (Å²) in [5.41, 5.74) is 5.77. The van der Waals surface area contributed by atoms with Crippen LogP contribution < -0.4 is 10.2 Å². The summed E-state index contributed by atoms with van der Waals surface area (Å²) in [7, 11) is 0. The van der Waals surface area contributed by atoms with Gasteiger partial charge in [0.1, 0.15) is 5.84 Å². The number of para-hydroxylation sites is 1. The molecule has 4 rings (SSSR count). The minimum absolute atomic E-state index is 0.00482. The molecule has 0 radical (unpaired) electrons. The fourth-order valence-electron chi connectivity index (χ4n) is 3.59. The highest BCUT2D eigenvalue weighted by Crippen LogP contribution is 2.33. The third kappa shape index (κ3) is 2.71. The number of Topliss-reactive ketones (excluding diaryl/α,β-unsaturated/α-hetero) is 1. The first-order valence-corrected chi connectivity index (χ1v) is 8.93. The molecule has 2 aromatic rings. The fraction of sp³-hybridized carbons (Fsp3) is 0.273. The summed E-state index contributed by atoms with van der Waals surface area (Å²) in [5, 5.41) is 11.9. The summed E-state index contributed by atoms with van der Waals surface area (Å²) < 4.78 is 0. The molecule has 0 atom stereocenters. The molecule has 4 heteroatoms. The monoisotopic (exact) mass is 345 g/mol.